The van der Waals surface area contributed by atoms with Crippen molar-refractivity contribution in [2.75, 3.05) is 7.11 Å². The topological polar surface area (TPSA) is 162 Å². The molecule has 0 aromatic heterocycles. The number of nitro benzene ring substituents is 2. The Bertz CT molecular complexity index is 1440. The molecule has 0 radical (unpaired) electrons. The fourth-order valence-electron chi connectivity index (χ4n) is 11.8. The second-order valence-corrected chi connectivity index (χ2v) is 18.1. The lowest BCUT2D eigenvalue weighted by molar-refractivity contribution is -0.394. The van der Waals surface area contributed by atoms with Gasteiger partial charge in [-0.2, -0.15) is 0 Å². The molecule has 0 saturated heterocycles. The van der Waals surface area contributed by atoms with Crippen molar-refractivity contribution >= 4 is 17.3 Å². The molecule has 0 heterocycles. The molecule has 274 valence electrons. The van der Waals surface area contributed by atoms with Crippen LogP contribution in [-0.4, -0.2) is 56.5 Å². The van der Waals surface area contributed by atoms with E-state index in [2.05, 4.69) is 34.6 Å². The Labute approximate surface area is 290 Å². The number of nitrogens with zero attached hydrogens (tertiary/aromatic N) is 2. The quantitative estimate of drug-likeness (QED) is 0.141. The fraction of sp³-hybridized carbons (Fsp3) is 0.816. The van der Waals surface area contributed by atoms with Crippen molar-refractivity contribution in [3.63, 3.8) is 0 Å². The summed E-state index contributed by atoms with van der Waals surface area (Å²) >= 11 is 0. The molecule has 0 bridgehead atoms. The highest BCUT2D eigenvalue weighted by molar-refractivity contribution is 5.91. The van der Waals surface area contributed by atoms with Gasteiger partial charge in [-0.1, -0.05) is 34.6 Å². The van der Waals surface area contributed by atoms with E-state index in [1.165, 1.54) is 0 Å². The number of aliphatic hydroxyl groups is 2. The van der Waals surface area contributed by atoms with Gasteiger partial charge in [-0.05, 0) is 124 Å². The van der Waals surface area contributed by atoms with Crippen LogP contribution in [0.25, 0.3) is 0 Å². The highest BCUT2D eigenvalue weighted by atomic mass is 16.6. The van der Waals surface area contributed by atoms with Gasteiger partial charge in [0.15, 0.2) is 0 Å². The third-order valence-corrected chi connectivity index (χ3v) is 15.0. The van der Waals surface area contributed by atoms with Crippen LogP contribution in [0.3, 0.4) is 0 Å². The van der Waals surface area contributed by atoms with Gasteiger partial charge >= 0.3 is 5.97 Å². The zero-order valence-electron chi connectivity index (χ0n) is 30.9. The van der Waals surface area contributed by atoms with E-state index in [-0.39, 0.29) is 56.5 Å². The van der Waals surface area contributed by atoms with Gasteiger partial charge in [0.25, 0.3) is 11.4 Å². The van der Waals surface area contributed by atoms with Crippen LogP contribution in [0, 0.1) is 65.6 Å². The van der Waals surface area contributed by atoms with Crippen molar-refractivity contribution in [3.05, 3.63) is 44.0 Å². The predicted molar refractivity (Wildman–Crippen MR) is 185 cm³/mol. The Kier molecular flexibility index (Phi) is 9.63. The van der Waals surface area contributed by atoms with Gasteiger partial charge in [0, 0.05) is 25.2 Å². The van der Waals surface area contributed by atoms with E-state index in [1.54, 1.807) is 7.11 Å². The third kappa shape index (κ3) is 6.19. The van der Waals surface area contributed by atoms with Crippen molar-refractivity contribution in [1.82, 2.24) is 0 Å². The molecule has 4 fully saturated rings. The number of methoxy groups -OCH3 is 1. The van der Waals surface area contributed by atoms with Crippen LogP contribution >= 0.6 is 0 Å². The first-order valence-corrected chi connectivity index (χ1v) is 18.1. The molecule has 0 spiro atoms. The fourth-order valence-corrected chi connectivity index (χ4v) is 11.8. The van der Waals surface area contributed by atoms with E-state index >= 15 is 0 Å². The molecular formula is C38H58N2O9. The van der Waals surface area contributed by atoms with Gasteiger partial charge in [-0.15, -0.1) is 0 Å². The minimum absolute atomic E-state index is 0.128. The lowest BCUT2D eigenvalue weighted by Gasteiger charge is -2.70. The molecule has 4 aliphatic rings. The van der Waals surface area contributed by atoms with Crippen LogP contribution in [0.5, 0.6) is 0 Å². The summed E-state index contributed by atoms with van der Waals surface area (Å²) in [5.41, 5.74) is -3.54. The summed E-state index contributed by atoms with van der Waals surface area (Å²) in [5.74, 6) is -0.781. The molecule has 11 heteroatoms. The van der Waals surface area contributed by atoms with E-state index in [1.807, 2.05) is 20.8 Å². The van der Waals surface area contributed by atoms with Gasteiger partial charge in [0.2, 0.25) is 0 Å². The number of ether oxygens (including phenoxy) is 2. The molecule has 10 atom stereocenters. The van der Waals surface area contributed by atoms with Gasteiger partial charge in [-0.25, -0.2) is 4.79 Å². The third-order valence-electron chi connectivity index (χ3n) is 15.0. The SMILES string of the molecule is COC(C)(C)CCC[C@@](C)(O)[C@H]1CC[C@]2(C)[C@@H]1[C@H](OC(=O)c1cc([N+](=O)[O-])cc([N+](=O)[O-])c1)C[C@@H]1[C@@]3(C)CC[C@H](O)C(C)(C)[C@@H]3CC[C@]12C. The number of carbonyl (C=O) groups is 1. The second kappa shape index (κ2) is 12.5. The molecule has 2 N–H and O–H groups in total. The van der Waals surface area contributed by atoms with E-state index in [4.69, 9.17) is 9.47 Å². The van der Waals surface area contributed by atoms with Crippen LogP contribution in [0.2, 0.25) is 0 Å². The number of rotatable bonds is 10. The van der Waals surface area contributed by atoms with Gasteiger partial charge in [-0.3, -0.25) is 20.2 Å². The number of benzene rings is 1. The normalized spacial score (nSPS) is 38.0. The molecule has 5 rings (SSSR count). The first kappa shape index (κ1) is 37.6. The molecule has 0 aliphatic heterocycles. The molecular weight excluding hydrogens is 628 g/mol. The summed E-state index contributed by atoms with van der Waals surface area (Å²) in [6, 6.07) is 2.94. The maximum Gasteiger partial charge on any atom is 0.338 e. The molecule has 49 heavy (non-hydrogen) atoms. The largest absolute Gasteiger partial charge is 0.458 e. The molecule has 4 saturated carbocycles. The van der Waals surface area contributed by atoms with Crippen LogP contribution in [0.1, 0.15) is 130 Å². The number of non-ortho nitro benzene ring substituents is 2. The molecule has 1 aromatic carbocycles. The van der Waals surface area contributed by atoms with Gasteiger partial charge in [0.1, 0.15) is 6.10 Å². The summed E-state index contributed by atoms with van der Waals surface area (Å²) in [6.07, 6.45) is 6.78. The van der Waals surface area contributed by atoms with Crippen LogP contribution in [-0.2, 0) is 9.47 Å². The van der Waals surface area contributed by atoms with E-state index in [9.17, 15) is 35.2 Å². The highest BCUT2D eigenvalue weighted by Crippen LogP contribution is 2.76. The first-order chi connectivity index (χ1) is 22.5. The number of carbonyl (C=O) groups excluding carboxylic acids is 1. The first-order valence-electron chi connectivity index (χ1n) is 18.1. The summed E-state index contributed by atoms with van der Waals surface area (Å²) in [4.78, 5) is 35.8. The standard InChI is InChI=1S/C38H58N2O9/c1-33(2,48-9)14-10-15-38(8,43)26-11-17-37(7)31(26)27(49-32(42)23-19-24(39(44)45)21-25(20-23)40(46)47)22-29-35(5)16-13-30(41)34(3,4)28(35)12-18-36(29,37)6/h19-21,26-31,41,43H,10-18,22H2,1-9H3/t26-,27+,28-,29+,30-,31-,35-,36+,37+,38+/m0/s1. The Hall–Kier alpha value is -2.63. The smallest absolute Gasteiger partial charge is 0.338 e. The van der Waals surface area contributed by atoms with Crippen LogP contribution in [0.15, 0.2) is 18.2 Å². The lowest BCUT2D eigenvalue weighted by atomic mass is 9.35. The molecule has 1 aromatic rings. The van der Waals surface area contributed by atoms with Crippen molar-refractivity contribution in [2.45, 2.75) is 143 Å². The Morgan fingerprint density at radius 2 is 1.49 bits per heavy atom. The highest BCUT2D eigenvalue weighted by Gasteiger charge is 2.72. The van der Waals surface area contributed by atoms with E-state index in [0.717, 1.165) is 63.1 Å². The summed E-state index contributed by atoms with van der Waals surface area (Å²) in [6.45, 7) is 17.4. The number of esters is 1. The van der Waals surface area contributed by atoms with Crippen molar-refractivity contribution in [3.8, 4) is 0 Å². The predicted octanol–water partition coefficient (Wildman–Crippen LogP) is 8.03. The van der Waals surface area contributed by atoms with Gasteiger partial charge in [0.05, 0.1) is 38.8 Å². The summed E-state index contributed by atoms with van der Waals surface area (Å²) in [7, 11) is 1.69. The zero-order valence-corrected chi connectivity index (χ0v) is 30.9. The monoisotopic (exact) mass is 686 g/mol. The number of nitro groups is 2. The number of aliphatic hydroxyl groups excluding tert-OH is 1. The zero-order chi connectivity index (χ0) is 36.5. The maximum atomic E-state index is 14.0. The van der Waals surface area contributed by atoms with Crippen molar-refractivity contribution in [1.29, 1.82) is 0 Å². The Morgan fingerprint density at radius 1 is 0.898 bits per heavy atom. The van der Waals surface area contributed by atoms with Gasteiger partial charge < -0.3 is 19.7 Å². The van der Waals surface area contributed by atoms with Crippen LogP contribution in [0.4, 0.5) is 11.4 Å². The van der Waals surface area contributed by atoms with Crippen LogP contribution < -0.4 is 0 Å². The summed E-state index contributed by atoms with van der Waals surface area (Å²) < 4.78 is 12.1. The molecule has 4 aliphatic carbocycles. The van der Waals surface area contributed by atoms with E-state index < -0.39 is 45.0 Å². The van der Waals surface area contributed by atoms with Crippen molar-refractivity contribution < 1.29 is 34.3 Å². The minimum Gasteiger partial charge on any atom is -0.458 e. The average molecular weight is 687 g/mol. The molecule has 0 amide bonds. The molecule has 11 nitrogen and oxygen atoms in total. The van der Waals surface area contributed by atoms with Crippen molar-refractivity contribution in [2.24, 2.45) is 45.3 Å². The molecule has 0 unspecified atom stereocenters. The Balaban J connectivity index is 1.57. The minimum atomic E-state index is -1.05. The number of fused-ring (bicyclic) bond motifs is 5. The lowest BCUT2D eigenvalue weighted by Crippen LogP contribution is -2.67. The Morgan fingerprint density at radius 3 is 2.06 bits per heavy atom. The van der Waals surface area contributed by atoms with E-state index in [0.29, 0.717) is 19.3 Å². The second-order valence-electron chi connectivity index (χ2n) is 18.1. The maximum absolute atomic E-state index is 14.0. The number of hydrogen-bond donors (Lipinski definition) is 2. The number of hydrogen-bond acceptors (Lipinski definition) is 9. The summed E-state index contributed by atoms with van der Waals surface area (Å²) in [5, 5.41) is 46.7. The average Bonchev–Trinajstić information content (AvgIpc) is 3.40.